The third-order valence-electron chi connectivity index (χ3n) is 12.0. The lowest BCUT2D eigenvalue weighted by molar-refractivity contribution is -0.304. The molecule has 5 rings (SSSR count). The van der Waals surface area contributed by atoms with Crippen LogP contribution in [0.4, 0.5) is 4.79 Å². The Morgan fingerprint density at radius 2 is 1.77 bits per heavy atom. The number of ether oxygens (including phenoxy) is 5. The zero-order valence-electron chi connectivity index (χ0n) is 31.6. The lowest BCUT2D eigenvalue weighted by Crippen LogP contribution is -2.64. The van der Waals surface area contributed by atoms with Gasteiger partial charge in [0.2, 0.25) is 0 Å². The van der Waals surface area contributed by atoms with E-state index in [0.29, 0.717) is 25.9 Å². The van der Waals surface area contributed by atoms with Crippen molar-refractivity contribution in [3.8, 4) is 0 Å². The average Bonchev–Trinajstić information content (AvgIpc) is 3.34. The number of likely N-dealkylation sites (N-methyl/N-ethyl adjacent to an activating group) is 1. The van der Waals surface area contributed by atoms with E-state index >= 15 is 0 Å². The molecule has 0 saturated carbocycles. The topological polar surface area (TPSA) is 128 Å². The summed E-state index contributed by atoms with van der Waals surface area (Å²) < 4.78 is 40.3. The van der Waals surface area contributed by atoms with Gasteiger partial charge in [-0.25, -0.2) is 4.79 Å². The Balaban J connectivity index is 1.63. The molecule has 276 valence electrons. The van der Waals surface area contributed by atoms with E-state index in [4.69, 9.17) is 28.1 Å². The first-order valence-electron chi connectivity index (χ1n) is 18.2. The maximum atomic E-state index is 13.9. The molecule has 5 heterocycles. The van der Waals surface area contributed by atoms with Crippen LogP contribution >= 0.6 is 0 Å². The van der Waals surface area contributed by atoms with Crippen LogP contribution in [0.1, 0.15) is 74.7 Å². The molecule has 0 aliphatic carbocycles. The molecule has 5 fully saturated rings. The first-order valence-corrected chi connectivity index (χ1v) is 21.6. The molecule has 2 unspecified atom stereocenters. The van der Waals surface area contributed by atoms with Gasteiger partial charge in [-0.3, -0.25) is 15.0 Å². The molecule has 5 saturated heterocycles. The Morgan fingerprint density at radius 1 is 1.10 bits per heavy atom. The van der Waals surface area contributed by atoms with E-state index in [0.717, 1.165) is 6.42 Å². The van der Waals surface area contributed by atoms with Gasteiger partial charge in [0.05, 0.1) is 35.9 Å². The lowest BCUT2D eigenvalue weighted by Gasteiger charge is -2.50. The SMILES string of the molecule is CC[C@H]1OC(=O)[C@H](C)[C@@H](O)[C@@H](C)[C@@H](O[C@@H]2O[C@H](C)C[C@H](N(C)C)[C@H]2O[Si](C)(C)C)[C@@]2(C)CC(C)C3(NCCN4C(=O)O[C@@]1(C)[C@@H]4[C@H]3C)O2. The van der Waals surface area contributed by atoms with Crippen LogP contribution in [0.15, 0.2) is 0 Å². The van der Waals surface area contributed by atoms with Crippen LogP contribution < -0.4 is 5.32 Å². The van der Waals surface area contributed by atoms with Gasteiger partial charge in [-0.1, -0.05) is 27.7 Å². The predicted molar refractivity (Wildman–Crippen MR) is 183 cm³/mol. The van der Waals surface area contributed by atoms with E-state index in [1.54, 1.807) is 11.8 Å². The summed E-state index contributed by atoms with van der Waals surface area (Å²) in [5.74, 6) is -2.25. The number of carbonyl (C=O) groups is 2. The minimum atomic E-state index is -2.06. The standard InChI is InChI=1S/C35H63N3O9Si/c1-14-25-34(8)28-23(6)35(36-15-16-38(28)32(41)45-34)19(2)18-33(7,47-35)29(21(4)26(39)22(5)30(40)43-25)44-31-27(46-48(11,12)13)24(37(9)10)17-20(3)42-31/h19-29,31,36,39H,14-18H2,1-13H3/t19?,20-,21-,22-,23-,24+,25-,26+,27-,28+,29-,31+,33-,34-,35?/m1/s1. The van der Waals surface area contributed by atoms with Gasteiger partial charge in [-0.15, -0.1) is 0 Å². The Morgan fingerprint density at radius 3 is 2.38 bits per heavy atom. The van der Waals surface area contributed by atoms with E-state index in [9.17, 15) is 14.7 Å². The summed E-state index contributed by atoms with van der Waals surface area (Å²) in [4.78, 5) is 31.3. The van der Waals surface area contributed by atoms with Crippen molar-refractivity contribution in [2.75, 3.05) is 27.2 Å². The zero-order chi connectivity index (χ0) is 35.7. The number of carbonyl (C=O) groups excluding carboxylic acids is 2. The van der Waals surface area contributed by atoms with Crippen molar-refractivity contribution in [1.82, 2.24) is 15.1 Å². The molecule has 0 radical (unpaired) electrons. The van der Waals surface area contributed by atoms with E-state index in [2.05, 4.69) is 71.6 Å². The molecule has 5 aliphatic heterocycles. The minimum Gasteiger partial charge on any atom is -0.458 e. The third kappa shape index (κ3) is 6.48. The van der Waals surface area contributed by atoms with Gasteiger partial charge in [-0.05, 0) is 80.7 Å². The fourth-order valence-corrected chi connectivity index (χ4v) is 10.8. The van der Waals surface area contributed by atoms with Crippen molar-refractivity contribution < 1.29 is 42.8 Å². The molecule has 0 aromatic carbocycles. The summed E-state index contributed by atoms with van der Waals surface area (Å²) in [6, 6.07) is -0.381. The number of esters is 1. The number of aliphatic hydroxyl groups excluding tert-OH is 1. The molecule has 2 N–H and O–H groups in total. The van der Waals surface area contributed by atoms with Gasteiger partial charge in [0.25, 0.3) is 0 Å². The number of aliphatic hydroxyl groups is 1. The van der Waals surface area contributed by atoms with E-state index in [1.165, 1.54) is 0 Å². The van der Waals surface area contributed by atoms with E-state index in [-0.39, 0.29) is 30.1 Å². The molecule has 0 aromatic rings. The largest absolute Gasteiger partial charge is 0.458 e. The second kappa shape index (κ2) is 13.3. The van der Waals surface area contributed by atoms with Gasteiger partial charge < -0.3 is 38.1 Å². The molecule has 1 spiro atoms. The highest BCUT2D eigenvalue weighted by atomic mass is 28.4. The van der Waals surface area contributed by atoms with Crippen LogP contribution in [0.2, 0.25) is 19.6 Å². The number of fused-ring (bicyclic) bond motifs is 1. The number of hydrogen-bond donors (Lipinski definition) is 2. The van der Waals surface area contributed by atoms with Crippen molar-refractivity contribution in [3.63, 3.8) is 0 Å². The summed E-state index contributed by atoms with van der Waals surface area (Å²) in [6.45, 7) is 23.2. The van der Waals surface area contributed by atoms with E-state index in [1.807, 2.05) is 20.8 Å². The molecule has 13 heteroatoms. The third-order valence-corrected chi connectivity index (χ3v) is 13.0. The Bertz CT molecular complexity index is 1200. The number of hydrogen-bond acceptors (Lipinski definition) is 11. The van der Waals surface area contributed by atoms with E-state index < -0.39 is 79.8 Å². The second-order valence-corrected chi connectivity index (χ2v) is 21.5. The molecule has 3 bridgehead atoms. The molecule has 48 heavy (non-hydrogen) atoms. The average molecular weight is 698 g/mol. The second-order valence-electron chi connectivity index (χ2n) is 17.0. The first-order chi connectivity index (χ1) is 22.2. The maximum absolute atomic E-state index is 13.9. The van der Waals surface area contributed by atoms with Crippen LogP contribution in [-0.4, -0.2) is 128 Å². The van der Waals surface area contributed by atoms with Crippen LogP contribution in [0.3, 0.4) is 0 Å². The van der Waals surface area contributed by atoms with Gasteiger partial charge in [0.1, 0.15) is 17.9 Å². The first kappa shape index (κ1) is 37.9. The monoisotopic (exact) mass is 697 g/mol. The number of nitrogens with zero attached hydrogens (tertiary/aromatic N) is 2. The maximum Gasteiger partial charge on any atom is 0.410 e. The van der Waals surface area contributed by atoms with Crippen LogP contribution in [-0.2, 0) is 32.9 Å². The Kier molecular flexibility index (Phi) is 10.5. The number of nitrogens with one attached hydrogen (secondary N) is 1. The Hall–Kier alpha value is -1.32. The van der Waals surface area contributed by atoms with Crippen LogP contribution in [0.25, 0.3) is 0 Å². The highest BCUT2D eigenvalue weighted by Crippen LogP contribution is 2.54. The van der Waals surface area contributed by atoms with Gasteiger partial charge in [-0.2, -0.15) is 0 Å². The van der Waals surface area contributed by atoms with Crippen LogP contribution in [0.5, 0.6) is 0 Å². The van der Waals surface area contributed by atoms with Gasteiger partial charge in [0.15, 0.2) is 20.2 Å². The van der Waals surface area contributed by atoms with Crippen molar-refractivity contribution in [2.45, 2.75) is 160 Å². The van der Waals surface area contributed by atoms with Crippen molar-refractivity contribution in [1.29, 1.82) is 0 Å². The number of amides is 1. The zero-order valence-corrected chi connectivity index (χ0v) is 32.6. The molecule has 0 aromatic heterocycles. The Labute approximate surface area is 288 Å². The summed E-state index contributed by atoms with van der Waals surface area (Å²) in [7, 11) is 2.06. The van der Waals surface area contributed by atoms with Crippen molar-refractivity contribution >= 4 is 20.4 Å². The normalized spacial score (nSPS) is 48.7. The molecule has 15 atom stereocenters. The fourth-order valence-electron chi connectivity index (χ4n) is 9.73. The lowest BCUT2D eigenvalue weighted by atomic mass is 9.72. The van der Waals surface area contributed by atoms with Crippen LogP contribution in [0, 0.1) is 23.7 Å². The summed E-state index contributed by atoms with van der Waals surface area (Å²) in [6.07, 6.45) is -2.31. The molecule has 5 aliphatic rings. The number of rotatable bonds is 6. The summed E-state index contributed by atoms with van der Waals surface area (Å²) >= 11 is 0. The highest BCUT2D eigenvalue weighted by molar-refractivity contribution is 6.69. The smallest absolute Gasteiger partial charge is 0.410 e. The quantitative estimate of drug-likeness (QED) is 0.309. The molecular formula is C35H63N3O9Si. The summed E-state index contributed by atoms with van der Waals surface area (Å²) in [5, 5.41) is 15.7. The molecule has 1 amide bonds. The molecular weight excluding hydrogens is 634 g/mol. The van der Waals surface area contributed by atoms with Crippen molar-refractivity contribution in [2.24, 2.45) is 23.7 Å². The van der Waals surface area contributed by atoms with Gasteiger partial charge >= 0.3 is 12.1 Å². The highest BCUT2D eigenvalue weighted by Gasteiger charge is 2.68. The fraction of sp³-hybridized carbons (Fsp3) is 0.943. The molecule has 12 nitrogen and oxygen atoms in total. The predicted octanol–water partition coefficient (Wildman–Crippen LogP) is 3.96. The van der Waals surface area contributed by atoms with Crippen molar-refractivity contribution in [3.05, 3.63) is 0 Å². The minimum absolute atomic E-state index is 0.00872. The summed E-state index contributed by atoms with van der Waals surface area (Å²) in [5.41, 5.74) is -2.91. The number of cyclic esters (lactones) is 1. The van der Waals surface area contributed by atoms with Gasteiger partial charge in [0, 0.05) is 36.9 Å².